The summed E-state index contributed by atoms with van der Waals surface area (Å²) in [6.07, 6.45) is 0. The maximum Gasteiger partial charge on any atom is 0.121 e. The first kappa shape index (κ1) is 15.0. The molecule has 2 heteroatoms. The lowest BCUT2D eigenvalue weighted by atomic mass is 9.82. The Morgan fingerprint density at radius 2 is 1.67 bits per heavy atom. The van der Waals surface area contributed by atoms with Crippen LogP contribution in [0.2, 0.25) is 0 Å². The minimum atomic E-state index is 0.341. The highest BCUT2D eigenvalue weighted by Crippen LogP contribution is 2.25. The standard InChI is InChI=1S/C16H27NO/c1-11-7-14(8-12(2)15(11)18)10-17-9-13(3)16(4,5)6/h7-8,13,17-18H,9-10H2,1-6H3. The van der Waals surface area contributed by atoms with E-state index in [1.54, 1.807) is 0 Å². The highest BCUT2D eigenvalue weighted by Gasteiger charge is 2.19. The van der Waals surface area contributed by atoms with Crippen LogP contribution in [0.25, 0.3) is 0 Å². The van der Waals surface area contributed by atoms with Gasteiger partial charge in [-0.05, 0) is 48.4 Å². The van der Waals surface area contributed by atoms with Gasteiger partial charge < -0.3 is 10.4 Å². The molecule has 2 nitrogen and oxygen atoms in total. The summed E-state index contributed by atoms with van der Waals surface area (Å²) in [5.74, 6) is 1.05. The third-order valence-corrected chi connectivity index (χ3v) is 3.81. The second-order valence-electron chi connectivity index (χ2n) is 6.48. The summed E-state index contributed by atoms with van der Waals surface area (Å²) >= 11 is 0. The second-order valence-corrected chi connectivity index (χ2v) is 6.48. The Labute approximate surface area is 111 Å². The van der Waals surface area contributed by atoms with Gasteiger partial charge in [0.15, 0.2) is 0 Å². The molecule has 1 unspecified atom stereocenters. The van der Waals surface area contributed by atoms with Crippen molar-refractivity contribution in [1.29, 1.82) is 0 Å². The number of hydrogen-bond donors (Lipinski definition) is 2. The topological polar surface area (TPSA) is 32.3 Å². The molecule has 0 radical (unpaired) electrons. The number of aryl methyl sites for hydroxylation is 2. The first-order chi connectivity index (χ1) is 8.21. The van der Waals surface area contributed by atoms with E-state index in [0.717, 1.165) is 24.2 Å². The zero-order valence-electron chi connectivity index (χ0n) is 12.6. The van der Waals surface area contributed by atoms with Crippen molar-refractivity contribution in [2.24, 2.45) is 11.3 Å². The van der Waals surface area contributed by atoms with E-state index in [2.05, 4.69) is 45.1 Å². The summed E-state index contributed by atoms with van der Waals surface area (Å²) in [4.78, 5) is 0. The van der Waals surface area contributed by atoms with Crippen molar-refractivity contribution in [3.63, 3.8) is 0 Å². The van der Waals surface area contributed by atoms with Gasteiger partial charge in [-0.3, -0.25) is 0 Å². The maximum absolute atomic E-state index is 9.73. The molecular weight excluding hydrogens is 222 g/mol. The van der Waals surface area contributed by atoms with Crippen molar-refractivity contribution in [2.45, 2.75) is 48.1 Å². The summed E-state index contributed by atoms with van der Waals surface area (Å²) in [7, 11) is 0. The zero-order valence-corrected chi connectivity index (χ0v) is 12.6. The fourth-order valence-corrected chi connectivity index (χ4v) is 1.89. The average Bonchev–Trinajstić information content (AvgIpc) is 2.24. The van der Waals surface area contributed by atoms with Crippen LogP contribution in [-0.2, 0) is 6.54 Å². The van der Waals surface area contributed by atoms with Crippen molar-refractivity contribution in [2.75, 3.05) is 6.54 Å². The molecule has 0 fully saturated rings. The van der Waals surface area contributed by atoms with Gasteiger partial charge in [0.1, 0.15) is 5.75 Å². The third kappa shape index (κ3) is 4.02. The Hall–Kier alpha value is -1.02. The first-order valence-corrected chi connectivity index (χ1v) is 6.71. The summed E-state index contributed by atoms with van der Waals surface area (Å²) in [5, 5.41) is 13.2. The fourth-order valence-electron chi connectivity index (χ4n) is 1.89. The molecule has 0 saturated carbocycles. The van der Waals surface area contributed by atoms with E-state index < -0.39 is 0 Å². The summed E-state index contributed by atoms with van der Waals surface area (Å²) in [6, 6.07) is 4.11. The molecular formula is C16H27NO. The Bertz CT molecular complexity index is 381. The van der Waals surface area contributed by atoms with E-state index >= 15 is 0 Å². The van der Waals surface area contributed by atoms with Crippen LogP contribution < -0.4 is 5.32 Å². The molecule has 0 amide bonds. The lowest BCUT2D eigenvalue weighted by Crippen LogP contribution is -2.29. The molecule has 1 atom stereocenters. The van der Waals surface area contributed by atoms with Crippen LogP contribution >= 0.6 is 0 Å². The second kappa shape index (κ2) is 5.75. The van der Waals surface area contributed by atoms with E-state index in [1.165, 1.54) is 5.56 Å². The fraction of sp³-hybridized carbons (Fsp3) is 0.625. The molecule has 0 aliphatic rings. The van der Waals surface area contributed by atoms with Crippen molar-refractivity contribution < 1.29 is 5.11 Å². The lowest BCUT2D eigenvalue weighted by Gasteiger charge is -2.27. The third-order valence-electron chi connectivity index (χ3n) is 3.81. The molecule has 1 aromatic carbocycles. The molecule has 0 aromatic heterocycles. The molecule has 18 heavy (non-hydrogen) atoms. The van der Waals surface area contributed by atoms with Crippen LogP contribution in [0.3, 0.4) is 0 Å². The van der Waals surface area contributed by atoms with Crippen molar-refractivity contribution in [1.82, 2.24) is 5.32 Å². The van der Waals surface area contributed by atoms with E-state index in [4.69, 9.17) is 0 Å². The smallest absolute Gasteiger partial charge is 0.121 e. The van der Waals surface area contributed by atoms with E-state index in [9.17, 15) is 5.11 Å². The van der Waals surface area contributed by atoms with Crippen LogP contribution in [0.5, 0.6) is 5.75 Å². The van der Waals surface area contributed by atoms with Crippen molar-refractivity contribution in [3.8, 4) is 5.75 Å². The Morgan fingerprint density at radius 1 is 1.17 bits per heavy atom. The first-order valence-electron chi connectivity index (χ1n) is 6.71. The number of benzene rings is 1. The number of phenols is 1. The molecule has 0 aliphatic heterocycles. The predicted molar refractivity (Wildman–Crippen MR) is 77.9 cm³/mol. The Balaban J connectivity index is 2.55. The van der Waals surface area contributed by atoms with Crippen LogP contribution in [0.15, 0.2) is 12.1 Å². The number of nitrogens with one attached hydrogen (secondary N) is 1. The highest BCUT2D eigenvalue weighted by atomic mass is 16.3. The minimum absolute atomic E-state index is 0.341. The summed E-state index contributed by atoms with van der Waals surface area (Å²) in [5.41, 5.74) is 3.49. The lowest BCUT2D eigenvalue weighted by molar-refractivity contribution is 0.252. The monoisotopic (exact) mass is 249 g/mol. The summed E-state index contributed by atoms with van der Waals surface area (Å²) < 4.78 is 0. The molecule has 0 heterocycles. The van der Waals surface area contributed by atoms with Crippen LogP contribution in [0, 0.1) is 25.2 Å². The minimum Gasteiger partial charge on any atom is -0.507 e. The quantitative estimate of drug-likeness (QED) is 0.851. The normalized spacial score (nSPS) is 13.7. The SMILES string of the molecule is Cc1cc(CNCC(C)C(C)(C)C)cc(C)c1O. The van der Waals surface area contributed by atoms with Gasteiger partial charge >= 0.3 is 0 Å². The van der Waals surface area contributed by atoms with E-state index in [0.29, 0.717) is 17.1 Å². The number of aromatic hydroxyl groups is 1. The molecule has 0 bridgehead atoms. The Kier molecular flexibility index (Phi) is 4.80. The molecule has 2 N–H and O–H groups in total. The van der Waals surface area contributed by atoms with Crippen LogP contribution in [0.1, 0.15) is 44.4 Å². The average molecular weight is 249 g/mol. The molecule has 1 aromatic rings. The van der Waals surface area contributed by atoms with Gasteiger partial charge in [0, 0.05) is 6.54 Å². The molecule has 0 aliphatic carbocycles. The maximum atomic E-state index is 9.73. The zero-order chi connectivity index (χ0) is 13.9. The Morgan fingerprint density at radius 3 is 2.11 bits per heavy atom. The largest absolute Gasteiger partial charge is 0.507 e. The predicted octanol–water partition coefficient (Wildman–Crippen LogP) is 3.78. The van der Waals surface area contributed by atoms with Gasteiger partial charge in [0.05, 0.1) is 0 Å². The van der Waals surface area contributed by atoms with Crippen LogP contribution in [-0.4, -0.2) is 11.7 Å². The molecule has 0 saturated heterocycles. The molecule has 102 valence electrons. The van der Waals surface area contributed by atoms with Gasteiger partial charge in [0.25, 0.3) is 0 Å². The number of hydrogen-bond acceptors (Lipinski definition) is 2. The van der Waals surface area contributed by atoms with Crippen LogP contribution in [0.4, 0.5) is 0 Å². The summed E-state index contributed by atoms with van der Waals surface area (Å²) in [6.45, 7) is 14.9. The van der Waals surface area contributed by atoms with Gasteiger partial charge in [-0.25, -0.2) is 0 Å². The number of phenolic OH excluding ortho intramolecular Hbond substituents is 1. The van der Waals surface area contributed by atoms with E-state index in [-0.39, 0.29) is 0 Å². The van der Waals surface area contributed by atoms with E-state index in [1.807, 2.05) is 13.8 Å². The van der Waals surface area contributed by atoms with Gasteiger partial charge in [-0.2, -0.15) is 0 Å². The highest BCUT2D eigenvalue weighted by molar-refractivity contribution is 5.42. The van der Waals surface area contributed by atoms with Gasteiger partial charge in [-0.15, -0.1) is 0 Å². The van der Waals surface area contributed by atoms with Gasteiger partial charge in [-0.1, -0.05) is 39.8 Å². The van der Waals surface area contributed by atoms with Crippen molar-refractivity contribution >= 4 is 0 Å². The number of rotatable bonds is 4. The molecule has 0 spiro atoms. The van der Waals surface area contributed by atoms with Gasteiger partial charge in [0.2, 0.25) is 0 Å². The molecule has 1 rings (SSSR count). The van der Waals surface area contributed by atoms with Crippen molar-refractivity contribution in [3.05, 3.63) is 28.8 Å².